The number of aliphatic hydroxyl groups is 1. The first-order valence-electron chi connectivity index (χ1n) is 8.33. The van der Waals surface area contributed by atoms with Crippen LogP contribution < -0.4 is 4.90 Å². The fourth-order valence-electron chi connectivity index (χ4n) is 4.54. The van der Waals surface area contributed by atoms with E-state index in [0.717, 1.165) is 19.6 Å². The van der Waals surface area contributed by atoms with E-state index in [1.807, 2.05) is 0 Å². The minimum Gasteiger partial charge on any atom is -0.385 e. The Morgan fingerprint density at radius 1 is 1.38 bits per heavy atom. The van der Waals surface area contributed by atoms with E-state index >= 15 is 0 Å². The van der Waals surface area contributed by atoms with E-state index in [0.29, 0.717) is 6.04 Å². The van der Waals surface area contributed by atoms with Crippen LogP contribution in [0.2, 0.25) is 0 Å². The highest BCUT2D eigenvalue weighted by molar-refractivity contribution is 5.86. The van der Waals surface area contributed by atoms with Crippen molar-refractivity contribution in [2.24, 2.45) is 0 Å². The lowest BCUT2D eigenvalue weighted by Gasteiger charge is -2.30. The molecule has 2 aromatic rings. The quantitative estimate of drug-likeness (QED) is 0.819. The highest BCUT2D eigenvalue weighted by atomic mass is 16.3. The van der Waals surface area contributed by atoms with E-state index in [1.165, 1.54) is 41.4 Å². The van der Waals surface area contributed by atoms with Crippen LogP contribution in [0.15, 0.2) is 18.2 Å². The van der Waals surface area contributed by atoms with Gasteiger partial charge < -0.3 is 14.6 Å². The number of quaternary nitrogens is 1. The number of hydrogen-bond acceptors (Lipinski definition) is 1. The van der Waals surface area contributed by atoms with E-state index in [2.05, 4.69) is 36.6 Å². The lowest BCUT2D eigenvalue weighted by Crippen LogP contribution is -3.13. The second kappa shape index (κ2) is 4.85. The molecule has 2 heterocycles. The van der Waals surface area contributed by atoms with Crippen LogP contribution in [0.25, 0.3) is 10.9 Å². The highest BCUT2D eigenvalue weighted by Crippen LogP contribution is 2.37. The van der Waals surface area contributed by atoms with Crippen molar-refractivity contribution in [2.45, 2.75) is 51.8 Å². The maximum absolute atomic E-state index is 10.5. The van der Waals surface area contributed by atoms with Gasteiger partial charge in [0, 0.05) is 17.3 Å². The van der Waals surface area contributed by atoms with Crippen molar-refractivity contribution < 1.29 is 10.0 Å². The first-order valence-corrected chi connectivity index (χ1v) is 8.33. The zero-order chi connectivity index (χ0) is 14.6. The Bertz CT molecular complexity index is 688. The first-order chi connectivity index (χ1) is 10.2. The van der Waals surface area contributed by atoms with Crippen LogP contribution in [0.4, 0.5) is 0 Å². The van der Waals surface area contributed by atoms with E-state index in [4.69, 9.17) is 0 Å². The second-order valence-electron chi connectivity index (χ2n) is 6.81. The minimum atomic E-state index is -0.230. The molecule has 3 unspecified atom stereocenters. The smallest absolute Gasteiger partial charge is 0.129 e. The van der Waals surface area contributed by atoms with Gasteiger partial charge in [-0.2, -0.15) is 0 Å². The fraction of sp³-hybridized carbons (Fsp3) is 0.556. The van der Waals surface area contributed by atoms with Crippen molar-refractivity contribution in [3.63, 3.8) is 0 Å². The summed E-state index contributed by atoms with van der Waals surface area (Å²) in [6.07, 6.45) is 3.51. The molecular formula is C18H25N2O+. The van der Waals surface area contributed by atoms with Crippen molar-refractivity contribution in [3.8, 4) is 0 Å². The van der Waals surface area contributed by atoms with E-state index in [9.17, 15) is 5.11 Å². The molecule has 3 heteroatoms. The molecular weight excluding hydrogens is 260 g/mol. The summed E-state index contributed by atoms with van der Waals surface area (Å²) in [5, 5.41) is 11.9. The molecule has 0 amide bonds. The average molecular weight is 285 g/mol. The number of nitrogens with one attached hydrogen (secondary N) is 1. The van der Waals surface area contributed by atoms with Crippen LogP contribution in [0, 0.1) is 6.92 Å². The van der Waals surface area contributed by atoms with Crippen molar-refractivity contribution in [3.05, 3.63) is 35.0 Å². The molecule has 2 aliphatic rings. The third-order valence-electron chi connectivity index (χ3n) is 5.46. The summed E-state index contributed by atoms with van der Waals surface area (Å²) in [4.78, 5) is 1.56. The van der Waals surface area contributed by atoms with Crippen molar-refractivity contribution >= 4 is 10.9 Å². The van der Waals surface area contributed by atoms with Gasteiger partial charge in [-0.05, 0) is 44.4 Å². The number of likely N-dealkylation sites (N-methyl/N-ethyl adjacent to an activating group) is 1. The Balaban J connectivity index is 2.01. The molecule has 0 bridgehead atoms. The van der Waals surface area contributed by atoms with Crippen LogP contribution in [0.5, 0.6) is 0 Å². The summed E-state index contributed by atoms with van der Waals surface area (Å²) in [7, 11) is 0. The van der Waals surface area contributed by atoms with E-state index in [1.54, 1.807) is 10.5 Å². The number of hydrogen-bond donors (Lipinski definition) is 2. The van der Waals surface area contributed by atoms with Gasteiger partial charge in [0.05, 0.1) is 18.8 Å². The zero-order valence-electron chi connectivity index (χ0n) is 13.0. The van der Waals surface area contributed by atoms with Crippen LogP contribution in [0.1, 0.15) is 42.6 Å². The van der Waals surface area contributed by atoms with Crippen molar-refractivity contribution in [2.75, 3.05) is 13.1 Å². The Kier molecular flexibility index (Phi) is 3.09. The van der Waals surface area contributed by atoms with Crippen LogP contribution in [0.3, 0.4) is 0 Å². The van der Waals surface area contributed by atoms with Crippen molar-refractivity contribution in [1.82, 2.24) is 4.57 Å². The van der Waals surface area contributed by atoms with E-state index in [-0.39, 0.29) is 6.10 Å². The Morgan fingerprint density at radius 3 is 3.05 bits per heavy atom. The van der Waals surface area contributed by atoms with Gasteiger partial charge in [0.25, 0.3) is 0 Å². The Morgan fingerprint density at radius 2 is 2.24 bits per heavy atom. The van der Waals surface area contributed by atoms with Crippen molar-refractivity contribution in [1.29, 1.82) is 0 Å². The summed E-state index contributed by atoms with van der Waals surface area (Å²) < 4.78 is 2.43. The predicted molar refractivity (Wildman–Crippen MR) is 84.7 cm³/mol. The standard InChI is InChI=1S/C18H24N2O/c1-3-19-10-13(21)11-20-16-8-7-12(2)9-15(16)14-5-4-6-17(19)18(14)20/h7-9,13,17,21H,3-6,10-11H2,1-2H3/p+1. The molecule has 0 saturated carbocycles. The van der Waals surface area contributed by atoms with Gasteiger partial charge in [0.15, 0.2) is 0 Å². The molecule has 1 aromatic carbocycles. The number of aromatic nitrogens is 1. The van der Waals surface area contributed by atoms with Gasteiger partial charge in [-0.1, -0.05) is 11.6 Å². The summed E-state index contributed by atoms with van der Waals surface area (Å²) in [6, 6.07) is 7.37. The van der Waals surface area contributed by atoms with Gasteiger partial charge in [0.1, 0.15) is 18.7 Å². The topological polar surface area (TPSA) is 29.6 Å². The molecule has 21 heavy (non-hydrogen) atoms. The summed E-state index contributed by atoms with van der Waals surface area (Å²) in [5.41, 5.74) is 5.75. The van der Waals surface area contributed by atoms with Gasteiger partial charge in [-0.3, -0.25) is 0 Å². The molecule has 3 atom stereocenters. The lowest BCUT2D eigenvalue weighted by atomic mass is 9.90. The van der Waals surface area contributed by atoms with E-state index < -0.39 is 0 Å². The zero-order valence-corrected chi connectivity index (χ0v) is 13.0. The number of aryl methyl sites for hydroxylation is 2. The van der Waals surface area contributed by atoms with Gasteiger partial charge >= 0.3 is 0 Å². The summed E-state index contributed by atoms with van der Waals surface area (Å²) in [5.74, 6) is 0. The first kappa shape index (κ1) is 13.4. The molecule has 112 valence electrons. The molecule has 0 spiro atoms. The number of fused-ring (bicyclic) bond motifs is 3. The highest BCUT2D eigenvalue weighted by Gasteiger charge is 2.37. The molecule has 0 saturated heterocycles. The fourth-order valence-corrected chi connectivity index (χ4v) is 4.54. The average Bonchev–Trinajstić information content (AvgIpc) is 2.69. The number of rotatable bonds is 1. The molecule has 1 aromatic heterocycles. The maximum atomic E-state index is 10.5. The molecule has 1 aliphatic carbocycles. The predicted octanol–water partition coefficient (Wildman–Crippen LogP) is 1.61. The van der Waals surface area contributed by atoms with Gasteiger partial charge in [-0.15, -0.1) is 0 Å². The Hall–Kier alpha value is -1.32. The number of nitrogens with zero attached hydrogens (tertiary/aromatic N) is 1. The second-order valence-corrected chi connectivity index (χ2v) is 6.81. The normalized spacial score (nSPS) is 28.4. The van der Waals surface area contributed by atoms with Gasteiger partial charge in [-0.25, -0.2) is 0 Å². The lowest BCUT2D eigenvalue weighted by molar-refractivity contribution is -0.933. The molecule has 0 radical (unpaired) electrons. The molecule has 1 aliphatic heterocycles. The third-order valence-corrected chi connectivity index (χ3v) is 5.46. The van der Waals surface area contributed by atoms with Crippen LogP contribution in [-0.2, 0) is 13.0 Å². The minimum absolute atomic E-state index is 0.230. The largest absolute Gasteiger partial charge is 0.385 e. The molecule has 0 fully saturated rings. The molecule has 3 nitrogen and oxygen atoms in total. The maximum Gasteiger partial charge on any atom is 0.129 e. The van der Waals surface area contributed by atoms with Gasteiger partial charge in [0.2, 0.25) is 0 Å². The SMILES string of the molecule is CC[NH+]1CC(O)Cn2c3c(c4cc(C)ccc42)CCCC31. The number of benzene rings is 1. The monoisotopic (exact) mass is 285 g/mol. The van der Waals surface area contributed by atoms with Crippen LogP contribution in [-0.4, -0.2) is 28.9 Å². The van der Waals surface area contributed by atoms with Crippen LogP contribution >= 0.6 is 0 Å². The summed E-state index contributed by atoms with van der Waals surface area (Å²) in [6.45, 7) is 7.17. The Labute approximate surface area is 126 Å². The molecule has 2 N–H and O–H groups in total. The third kappa shape index (κ3) is 1.95. The summed E-state index contributed by atoms with van der Waals surface area (Å²) >= 11 is 0. The number of aliphatic hydroxyl groups excluding tert-OH is 1. The molecule has 4 rings (SSSR count).